The smallest absolute Gasteiger partial charge is 0.154 e. The van der Waals surface area contributed by atoms with E-state index in [0.717, 1.165) is 28.1 Å². The second-order valence-electron chi connectivity index (χ2n) is 9.23. The number of hydrogen-bond donors (Lipinski definition) is 0. The van der Waals surface area contributed by atoms with Gasteiger partial charge in [-0.1, -0.05) is 88.6 Å². The highest BCUT2D eigenvalue weighted by Crippen LogP contribution is 2.26. The standard InChI is InChI=1S/C27H42NO2/c1-4-5-6-7-8-9-10-11-12-15-20-28(2,3)21-22-30-27-19-18-24-16-13-14-17-25(24)26(27)23-29/h13-14,16-19,23H,4-12,15,20-22H2,1-3H3/q+1. The Bertz CT molecular complexity index is 754. The maximum Gasteiger partial charge on any atom is 0.154 e. The Kier molecular flexibility index (Phi) is 10.9. The third-order valence-corrected chi connectivity index (χ3v) is 6.12. The maximum atomic E-state index is 11.6. The summed E-state index contributed by atoms with van der Waals surface area (Å²) in [5.41, 5.74) is 0.660. The van der Waals surface area contributed by atoms with E-state index in [9.17, 15) is 4.79 Å². The number of benzene rings is 2. The van der Waals surface area contributed by atoms with Crippen molar-refractivity contribution in [2.24, 2.45) is 0 Å². The van der Waals surface area contributed by atoms with Gasteiger partial charge in [-0.3, -0.25) is 4.79 Å². The van der Waals surface area contributed by atoms with Crippen LogP contribution >= 0.6 is 0 Å². The van der Waals surface area contributed by atoms with E-state index in [1.54, 1.807) is 0 Å². The van der Waals surface area contributed by atoms with Gasteiger partial charge in [0.1, 0.15) is 18.9 Å². The monoisotopic (exact) mass is 412 g/mol. The van der Waals surface area contributed by atoms with Gasteiger partial charge in [-0.2, -0.15) is 0 Å². The molecule has 0 heterocycles. The molecule has 0 N–H and O–H groups in total. The van der Waals surface area contributed by atoms with E-state index in [-0.39, 0.29) is 0 Å². The van der Waals surface area contributed by atoms with E-state index in [1.165, 1.54) is 70.8 Å². The molecule has 0 aliphatic heterocycles. The average Bonchev–Trinajstić information content (AvgIpc) is 2.74. The molecule has 0 unspecified atom stereocenters. The molecule has 3 heteroatoms. The van der Waals surface area contributed by atoms with Crippen LogP contribution in [0.15, 0.2) is 36.4 Å². The van der Waals surface area contributed by atoms with Gasteiger partial charge < -0.3 is 9.22 Å². The number of unbranched alkanes of at least 4 members (excludes halogenated alkanes) is 9. The molecule has 0 aliphatic carbocycles. The molecule has 0 bridgehead atoms. The lowest BCUT2D eigenvalue weighted by atomic mass is 10.0. The van der Waals surface area contributed by atoms with Crippen molar-refractivity contribution in [3.05, 3.63) is 42.0 Å². The first-order valence-corrected chi connectivity index (χ1v) is 12.0. The first-order chi connectivity index (χ1) is 14.6. The number of aldehydes is 1. The van der Waals surface area contributed by atoms with Crippen molar-refractivity contribution in [1.29, 1.82) is 0 Å². The van der Waals surface area contributed by atoms with Crippen molar-refractivity contribution in [2.75, 3.05) is 33.8 Å². The normalized spacial score (nSPS) is 11.7. The minimum atomic E-state index is 0.629. The lowest BCUT2D eigenvalue weighted by Gasteiger charge is -2.29. The quantitative estimate of drug-likeness (QED) is 0.168. The van der Waals surface area contributed by atoms with Crippen molar-refractivity contribution in [3.63, 3.8) is 0 Å². The molecule has 0 atom stereocenters. The number of likely N-dealkylation sites (N-methyl/N-ethyl adjacent to an activating group) is 1. The summed E-state index contributed by atoms with van der Waals surface area (Å²) in [5, 5.41) is 2.04. The zero-order chi connectivity index (χ0) is 21.7. The SMILES string of the molecule is CCCCCCCCCCCC[N+](C)(C)CCOc1ccc2ccccc2c1C=O. The summed E-state index contributed by atoms with van der Waals surface area (Å²) < 4.78 is 6.98. The zero-order valence-corrected chi connectivity index (χ0v) is 19.5. The maximum absolute atomic E-state index is 11.6. The van der Waals surface area contributed by atoms with E-state index >= 15 is 0 Å². The molecule has 30 heavy (non-hydrogen) atoms. The average molecular weight is 413 g/mol. The predicted octanol–water partition coefficient (Wildman–Crippen LogP) is 7.03. The van der Waals surface area contributed by atoms with Gasteiger partial charge in [-0.15, -0.1) is 0 Å². The van der Waals surface area contributed by atoms with Gasteiger partial charge in [0.2, 0.25) is 0 Å². The van der Waals surface area contributed by atoms with E-state index in [0.29, 0.717) is 17.9 Å². The Morgan fingerprint density at radius 2 is 1.43 bits per heavy atom. The second-order valence-corrected chi connectivity index (χ2v) is 9.23. The number of carbonyl (C=O) groups excluding carboxylic acids is 1. The third-order valence-electron chi connectivity index (χ3n) is 6.12. The third kappa shape index (κ3) is 8.47. The summed E-state index contributed by atoms with van der Waals surface area (Å²) in [6.07, 6.45) is 14.7. The van der Waals surface area contributed by atoms with E-state index < -0.39 is 0 Å². The number of hydrogen-bond acceptors (Lipinski definition) is 2. The summed E-state index contributed by atoms with van der Waals surface area (Å²) in [5.74, 6) is 0.697. The fraction of sp³-hybridized carbons (Fsp3) is 0.593. The van der Waals surface area contributed by atoms with E-state index in [2.05, 4.69) is 21.0 Å². The highest BCUT2D eigenvalue weighted by Gasteiger charge is 2.15. The Balaban J connectivity index is 1.64. The van der Waals surface area contributed by atoms with Gasteiger partial charge in [0.05, 0.1) is 26.2 Å². The Morgan fingerprint density at radius 3 is 2.10 bits per heavy atom. The highest BCUT2D eigenvalue weighted by atomic mass is 16.5. The molecule has 166 valence electrons. The van der Waals surface area contributed by atoms with Crippen molar-refractivity contribution >= 4 is 17.1 Å². The van der Waals surface area contributed by atoms with Gasteiger partial charge in [0.15, 0.2) is 6.29 Å². The molecule has 2 rings (SSSR count). The topological polar surface area (TPSA) is 26.3 Å². The molecule has 0 aromatic heterocycles. The number of fused-ring (bicyclic) bond motifs is 1. The van der Waals surface area contributed by atoms with Crippen molar-refractivity contribution in [2.45, 2.75) is 71.1 Å². The van der Waals surface area contributed by atoms with Crippen molar-refractivity contribution in [1.82, 2.24) is 0 Å². The van der Waals surface area contributed by atoms with Crippen LogP contribution in [0.2, 0.25) is 0 Å². The van der Waals surface area contributed by atoms with Gasteiger partial charge in [0, 0.05) is 0 Å². The van der Waals surface area contributed by atoms with Gasteiger partial charge in [-0.25, -0.2) is 0 Å². The zero-order valence-electron chi connectivity index (χ0n) is 19.5. The number of nitrogens with zero attached hydrogens (tertiary/aromatic N) is 1. The van der Waals surface area contributed by atoms with E-state index in [1.807, 2.05) is 36.4 Å². The largest absolute Gasteiger partial charge is 0.487 e. The Labute approximate surface area is 184 Å². The summed E-state index contributed by atoms with van der Waals surface area (Å²) in [4.78, 5) is 11.6. The van der Waals surface area contributed by atoms with Crippen LogP contribution in [0.4, 0.5) is 0 Å². The number of rotatable bonds is 16. The van der Waals surface area contributed by atoms with Gasteiger partial charge in [-0.05, 0) is 29.7 Å². The minimum absolute atomic E-state index is 0.629. The molecule has 0 radical (unpaired) electrons. The first-order valence-electron chi connectivity index (χ1n) is 12.0. The van der Waals surface area contributed by atoms with Crippen LogP contribution in [0.1, 0.15) is 81.5 Å². The fourth-order valence-corrected chi connectivity index (χ4v) is 4.06. The van der Waals surface area contributed by atoms with Crippen LogP contribution < -0.4 is 4.74 Å². The van der Waals surface area contributed by atoms with Crippen LogP contribution in [-0.2, 0) is 0 Å². The van der Waals surface area contributed by atoms with E-state index in [4.69, 9.17) is 4.74 Å². The van der Waals surface area contributed by atoms with Crippen LogP contribution in [0, 0.1) is 0 Å². The summed E-state index contributed by atoms with van der Waals surface area (Å²) in [6.45, 7) is 5.03. The fourth-order valence-electron chi connectivity index (χ4n) is 4.06. The molecular weight excluding hydrogens is 370 g/mol. The van der Waals surface area contributed by atoms with Gasteiger partial charge >= 0.3 is 0 Å². The van der Waals surface area contributed by atoms with Crippen LogP contribution in [0.25, 0.3) is 10.8 Å². The molecule has 0 fully saturated rings. The summed E-state index contributed by atoms with van der Waals surface area (Å²) in [6, 6.07) is 11.9. The molecule has 2 aromatic rings. The molecule has 0 spiro atoms. The van der Waals surface area contributed by atoms with Crippen LogP contribution in [0.5, 0.6) is 5.75 Å². The molecule has 2 aromatic carbocycles. The summed E-state index contributed by atoms with van der Waals surface area (Å²) >= 11 is 0. The minimum Gasteiger partial charge on any atom is -0.487 e. The Hall–Kier alpha value is -1.87. The highest BCUT2D eigenvalue weighted by molar-refractivity contribution is 6.00. The second kappa shape index (κ2) is 13.4. The molecule has 0 saturated carbocycles. The first kappa shape index (κ1) is 24.4. The summed E-state index contributed by atoms with van der Waals surface area (Å²) in [7, 11) is 4.55. The van der Waals surface area contributed by atoms with Gasteiger partial charge in [0.25, 0.3) is 0 Å². The van der Waals surface area contributed by atoms with Crippen LogP contribution in [0.3, 0.4) is 0 Å². The number of carbonyl (C=O) groups is 1. The molecular formula is C27H42NO2+. The van der Waals surface area contributed by atoms with Crippen molar-refractivity contribution < 1.29 is 14.0 Å². The molecule has 3 nitrogen and oxygen atoms in total. The predicted molar refractivity (Wildman–Crippen MR) is 129 cm³/mol. The van der Waals surface area contributed by atoms with Crippen LogP contribution in [-0.4, -0.2) is 44.6 Å². The lowest BCUT2D eigenvalue weighted by Crippen LogP contribution is -2.43. The number of quaternary nitrogens is 1. The Morgan fingerprint density at radius 1 is 0.800 bits per heavy atom. The molecule has 0 aliphatic rings. The number of ether oxygens (including phenoxy) is 1. The molecule has 0 saturated heterocycles. The molecule has 0 amide bonds. The lowest BCUT2D eigenvalue weighted by molar-refractivity contribution is -0.890. The van der Waals surface area contributed by atoms with Crippen molar-refractivity contribution in [3.8, 4) is 5.75 Å².